The van der Waals surface area contributed by atoms with Gasteiger partial charge in [-0.1, -0.05) is 13.8 Å². The lowest BCUT2D eigenvalue weighted by Gasteiger charge is -2.29. The van der Waals surface area contributed by atoms with Crippen molar-refractivity contribution in [1.29, 1.82) is 0 Å². The standard InChI is InChI=1S/C15H20FN5O4S/c1-15(2)7-18-14(19-8-15)17-5-9-3-10(16)13(11(22)4-9)21-6-12(23)20-26(21,24)25/h3-4,22H,5-8H2,1-2H3,(H,20,23)(H2,17,18,19). The Morgan fingerprint density at radius 1 is 1.42 bits per heavy atom. The van der Waals surface area contributed by atoms with E-state index in [1.54, 1.807) is 4.72 Å². The number of nitrogens with zero attached hydrogens (tertiary/aromatic N) is 2. The van der Waals surface area contributed by atoms with Crippen LogP contribution in [0.4, 0.5) is 10.1 Å². The minimum Gasteiger partial charge on any atom is -0.506 e. The quantitative estimate of drug-likeness (QED) is 0.571. The van der Waals surface area contributed by atoms with E-state index in [1.165, 1.54) is 6.07 Å². The van der Waals surface area contributed by atoms with E-state index >= 15 is 0 Å². The Labute approximate surface area is 150 Å². The van der Waals surface area contributed by atoms with Gasteiger partial charge in [-0.25, -0.2) is 13.4 Å². The molecule has 9 nitrogen and oxygen atoms in total. The number of phenols is 1. The Hall–Kier alpha value is -2.56. The lowest BCUT2D eigenvalue weighted by molar-refractivity contribution is -0.117. The van der Waals surface area contributed by atoms with Gasteiger partial charge >= 0.3 is 10.2 Å². The highest BCUT2D eigenvalue weighted by atomic mass is 32.2. The Morgan fingerprint density at radius 2 is 2.15 bits per heavy atom. The van der Waals surface area contributed by atoms with Crippen LogP contribution in [-0.2, 0) is 21.5 Å². The molecule has 26 heavy (non-hydrogen) atoms. The number of phenolic OH excluding ortho intramolecular Hbond substituents is 1. The van der Waals surface area contributed by atoms with Gasteiger partial charge in [0.2, 0.25) is 0 Å². The van der Waals surface area contributed by atoms with Crippen LogP contribution in [0.5, 0.6) is 5.75 Å². The van der Waals surface area contributed by atoms with Crippen LogP contribution < -0.4 is 19.7 Å². The van der Waals surface area contributed by atoms with E-state index < -0.39 is 39.9 Å². The first kappa shape index (κ1) is 18.2. The summed E-state index contributed by atoms with van der Waals surface area (Å²) in [5.41, 5.74) is -0.0971. The lowest BCUT2D eigenvalue weighted by atomic mass is 9.93. The number of carbonyl (C=O) groups is 1. The molecule has 1 aromatic rings. The summed E-state index contributed by atoms with van der Waals surface area (Å²) in [6.07, 6.45) is 0. The molecule has 0 aromatic heterocycles. The third-order valence-electron chi connectivity index (χ3n) is 4.03. The Bertz CT molecular complexity index is 861. The molecule has 0 spiro atoms. The van der Waals surface area contributed by atoms with Gasteiger partial charge in [-0.05, 0) is 17.7 Å². The van der Waals surface area contributed by atoms with Gasteiger partial charge in [-0.15, -0.1) is 0 Å². The molecule has 1 aromatic carbocycles. The van der Waals surface area contributed by atoms with Crippen LogP contribution in [0.25, 0.3) is 0 Å². The first-order chi connectivity index (χ1) is 12.1. The molecule has 0 bridgehead atoms. The number of benzene rings is 1. The van der Waals surface area contributed by atoms with Crippen molar-refractivity contribution in [1.82, 2.24) is 15.4 Å². The highest BCUT2D eigenvalue weighted by Crippen LogP contribution is 2.34. The summed E-state index contributed by atoms with van der Waals surface area (Å²) in [4.78, 5) is 15.6. The molecule has 0 saturated carbocycles. The van der Waals surface area contributed by atoms with Gasteiger partial charge in [0, 0.05) is 25.0 Å². The predicted octanol–water partition coefficient (Wildman–Crippen LogP) is -0.213. The van der Waals surface area contributed by atoms with E-state index in [9.17, 15) is 22.7 Å². The van der Waals surface area contributed by atoms with Gasteiger partial charge in [0.15, 0.2) is 11.8 Å². The first-order valence-corrected chi connectivity index (χ1v) is 9.38. The van der Waals surface area contributed by atoms with E-state index in [4.69, 9.17) is 0 Å². The molecule has 2 heterocycles. The third-order valence-corrected chi connectivity index (χ3v) is 5.41. The van der Waals surface area contributed by atoms with Gasteiger partial charge in [-0.3, -0.25) is 9.79 Å². The summed E-state index contributed by atoms with van der Waals surface area (Å²) < 4.78 is 40.3. The third kappa shape index (κ3) is 3.66. The number of hydrogen-bond donors (Lipinski definition) is 4. The maximum atomic E-state index is 14.4. The molecule has 3 rings (SSSR count). The maximum absolute atomic E-state index is 14.4. The number of carbonyl (C=O) groups excluding carboxylic acids is 1. The molecular weight excluding hydrogens is 365 g/mol. The molecule has 2 aliphatic heterocycles. The highest BCUT2D eigenvalue weighted by molar-refractivity contribution is 7.92. The summed E-state index contributed by atoms with van der Waals surface area (Å²) >= 11 is 0. The van der Waals surface area contributed by atoms with Crippen molar-refractivity contribution in [2.75, 3.05) is 23.9 Å². The molecule has 0 aliphatic carbocycles. The molecule has 1 fully saturated rings. The number of anilines is 1. The average molecular weight is 385 g/mol. The van der Waals surface area contributed by atoms with Crippen LogP contribution >= 0.6 is 0 Å². The summed E-state index contributed by atoms with van der Waals surface area (Å²) in [5.74, 6) is -1.73. The number of aromatic hydroxyl groups is 1. The SMILES string of the molecule is CC1(C)CN=C(NCc2cc(O)c(N3CC(=O)NS3(=O)=O)c(F)c2)NC1. The number of halogens is 1. The summed E-state index contributed by atoms with van der Waals surface area (Å²) in [5, 5.41) is 16.2. The van der Waals surface area contributed by atoms with Crippen LogP contribution in [0.1, 0.15) is 19.4 Å². The molecule has 0 atom stereocenters. The van der Waals surface area contributed by atoms with E-state index in [1.807, 2.05) is 0 Å². The van der Waals surface area contributed by atoms with Crippen LogP contribution in [0, 0.1) is 11.2 Å². The summed E-state index contributed by atoms with van der Waals surface area (Å²) in [6, 6.07) is 2.35. The monoisotopic (exact) mass is 385 g/mol. The van der Waals surface area contributed by atoms with Gasteiger partial charge in [0.1, 0.15) is 18.0 Å². The smallest absolute Gasteiger partial charge is 0.326 e. The van der Waals surface area contributed by atoms with Gasteiger partial charge in [0.05, 0.1) is 0 Å². The molecule has 1 amide bonds. The number of amides is 1. The van der Waals surface area contributed by atoms with Crippen LogP contribution in [0.3, 0.4) is 0 Å². The molecule has 1 saturated heterocycles. The largest absolute Gasteiger partial charge is 0.506 e. The highest BCUT2D eigenvalue weighted by Gasteiger charge is 2.37. The van der Waals surface area contributed by atoms with Crippen molar-refractivity contribution in [3.05, 3.63) is 23.5 Å². The predicted molar refractivity (Wildman–Crippen MR) is 93.4 cm³/mol. The fourth-order valence-electron chi connectivity index (χ4n) is 2.67. The zero-order valence-electron chi connectivity index (χ0n) is 14.3. The lowest BCUT2D eigenvalue weighted by Crippen LogP contribution is -2.47. The van der Waals surface area contributed by atoms with E-state index in [-0.39, 0.29) is 12.0 Å². The Balaban J connectivity index is 1.76. The summed E-state index contributed by atoms with van der Waals surface area (Å²) in [7, 11) is -4.20. The number of guanidine groups is 1. The average Bonchev–Trinajstić information content (AvgIpc) is 2.78. The zero-order chi connectivity index (χ0) is 19.1. The second-order valence-corrected chi connectivity index (χ2v) is 8.61. The van der Waals surface area contributed by atoms with Crippen molar-refractivity contribution >= 4 is 27.8 Å². The fraction of sp³-hybridized carbons (Fsp3) is 0.467. The van der Waals surface area contributed by atoms with Gasteiger partial charge in [-0.2, -0.15) is 8.42 Å². The molecule has 0 unspecified atom stereocenters. The molecule has 142 valence electrons. The Morgan fingerprint density at radius 3 is 2.69 bits per heavy atom. The maximum Gasteiger partial charge on any atom is 0.326 e. The number of hydrogen-bond acceptors (Lipinski definition) is 7. The van der Waals surface area contributed by atoms with Crippen molar-refractivity contribution in [3.63, 3.8) is 0 Å². The number of rotatable bonds is 3. The fourth-order valence-corrected chi connectivity index (χ4v) is 3.84. The van der Waals surface area contributed by atoms with Crippen LogP contribution in [0.2, 0.25) is 0 Å². The minimum atomic E-state index is -4.20. The summed E-state index contributed by atoms with van der Waals surface area (Å²) in [6.45, 7) is 5.15. The Kier molecular flexibility index (Phi) is 4.42. The first-order valence-electron chi connectivity index (χ1n) is 7.94. The van der Waals surface area contributed by atoms with Crippen molar-refractivity contribution < 1.29 is 22.7 Å². The van der Waals surface area contributed by atoms with Crippen molar-refractivity contribution in [2.45, 2.75) is 20.4 Å². The number of nitrogens with one attached hydrogen (secondary N) is 3. The van der Waals surface area contributed by atoms with Gasteiger partial charge < -0.3 is 15.7 Å². The molecule has 0 radical (unpaired) electrons. The van der Waals surface area contributed by atoms with E-state index in [0.717, 1.165) is 12.6 Å². The molecule has 2 aliphatic rings. The van der Waals surface area contributed by atoms with Crippen LogP contribution in [-0.4, -0.2) is 45.0 Å². The zero-order valence-corrected chi connectivity index (χ0v) is 15.2. The van der Waals surface area contributed by atoms with Crippen molar-refractivity contribution in [3.8, 4) is 5.75 Å². The molecule has 11 heteroatoms. The number of aliphatic imine (C=N–C) groups is 1. The van der Waals surface area contributed by atoms with E-state index in [0.29, 0.717) is 22.4 Å². The topological polar surface area (TPSA) is 123 Å². The van der Waals surface area contributed by atoms with Crippen molar-refractivity contribution in [2.24, 2.45) is 10.4 Å². The molecule has 4 N–H and O–H groups in total. The minimum absolute atomic E-state index is 0.0594. The van der Waals surface area contributed by atoms with E-state index in [2.05, 4.69) is 29.5 Å². The second-order valence-electron chi connectivity index (χ2n) is 7.02. The molecular formula is C15H20FN5O4S. The second kappa shape index (κ2) is 6.31. The van der Waals surface area contributed by atoms with Crippen LogP contribution in [0.15, 0.2) is 17.1 Å². The van der Waals surface area contributed by atoms with Gasteiger partial charge in [0.25, 0.3) is 5.91 Å². The normalized spacial score (nSPS) is 21.0.